The number of nitrogens with one attached hydrogen (secondary N) is 1. The highest BCUT2D eigenvalue weighted by molar-refractivity contribution is 7.92. The number of hydrogen-bond acceptors (Lipinski definition) is 4. The van der Waals surface area contributed by atoms with Crippen LogP contribution in [0, 0.1) is 0 Å². The molecule has 1 aliphatic rings. The second kappa shape index (κ2) is 4.99. The van der Waals surface area contributed by atoms with Gasteiger partial charge in [-0.3, -0.25) is 0 Å². The molecule has 1 aliphatic heterocycles. The molecule has 0 spiro atoms. The maximum Gasteiger partial charge on any atom is 0.214 e. The Morgan fingerprint density at radius 3 is 2.27 bits per heavy atom. The molecule has 90 valence electrons. The lowest BCUT2D eigenvalue weighted by Crippen LogP contribution is -2.40. The van der Waals surface area contributed by atoms with Crippen LogP contribution in [-0.4, -0.2) is 46.0 Å². The highest BCUT2D eigenvalue weighted by Gasteiger charge is 2.32. The van der Waals surface area contributed by atoms with E-state index in [4.69, 9.17) is 11.6 Å². The van der Waals surface area contributed by atoms with Gasteiger partial charge in [0.25, 0.3) is 0 Å². The normalized spacial score (nSPS) is 22.7. The molecule has 0 unspecified atom stereocenters. The van der Waals surface area contributed by atoms with Crippen LogP contribution in [0.25, 0.3) is 0 Å². The Labute approximate surface area is 95.2 Å². The van der Waals surface area contributed by atoms with Crippen LogP contribution in [0.2, 0.25) is 0 Å². The minimum Gasteiger partial charge on any atom is -0.229 e. The van der Waals surface area contributed by atoms with Gasteiger partial charge in [-0.2, -0.15) is 0 Å². The van der Waals surface area contributed by atoms with Crippen molar-refractivity contribution in [1.29, 1.82) is 0 Å². The third-order valence-corrected chi connectivity index (χ3v) is 6.20. The van der Waals surface area contributed by atoms with E-state index in [9.17, 15) is 16.8 Å². The number of halogens is 1. The fraction of sp³-hybridized carbons (Fsp3) is 1.00. The first-order valence-corrected chi connectivity index (χ1v) is 8.52. The van der Waals surface area contributed by atoms with Crippen molar-refractivity contribution in [2.24, 2.45) is 0 Å². The van der Waals surface area contributed by atoms with Gasteiger partial charge in [0.2, 0.25) is 10.0 Å². The highest BCUT2D eigenvalue weighted by atomic mass is 35.5. The largest absolute Gasteiger partial charge is 0.229 e. The summed E-state index contributed by atoms with van der Waals surface area (Å²) in [5.41, 5.74) is 0. The van der Waals surface area contributed by atoms with Gasteiger partial charge in [0, 0.05) is 12.4 Å². The van der Waals surface area contributed by atoms with Crippen molar-refractivity contribution >= 4 is 31.5 Å². The molecule has 1 N–H and O–H groups in total. The lowest BCUT2D eigenvalue weighted by Gasteiger charge is -2.21. The molecule has 1 rings (SSSR count). The molecule has 0 aromatic carbocycles. The Balaban J connectivity index is 2.60. The van der Waals surface area contributed by atoms with Crippen molar-refractivity contribution in [1.82, 2.24) is 4.72 Å². The van der Waals surface area contributed by atoms with Crippen molar-refractivity contribution in [3.05, 3.63) is 0 Å². The van der Waals surface area contributed by atoms with Crippen LogP contribution in [0.3, 0.4) is 0 Å². The molecular weight excluding hydrogens is 262 g/mol. The summed E-state index contributed by atoms with van der Waals surface area (Å²) in [6, 6.07) is 0. The van der Waals surface area contributed by atoms with Crippen LogP contribution in [0.15, 0.2) is 0 Å². The fourth-order valence-corrected chi connectivity index (χ4v) is 4.95. The Morgan fingerprint density at radius 2 is 1.80 bits per heavy atom. The molecule has 1 saturated heterocycles. The number of sulfonamides is 1. The van der Waals surface area contributed by atoms with Gasteiger partial charge in [0.1, 0.15) is 9.84 Å². The van der Waals surface area contributed by atoms with Gasteiger partial charge in [-0.05, 0) is 12.8 Å². The van der Waals surface area contributed by atoms with E-state index >= 15 is 0 Å². The average Bonchev–Trinajstić information content (AvgIpc) is 2.14. The maximum absolute atomic E-state index is 11.6. The minimum atomic E-state index is -3.39. The first kappa shape index (κ1) is 13.2. The van der Waals surface area contributed by atoms with Gasteiger partial charge in [-0.25, -0.2) is 21.6 Å². The third kappa shape index (κ3) is 3.90. The van der Waals surface area contributed by atoms with Crippen LogP contribution in [0.1, 0.15) is 12.8 Å². The molecule has 0 aromatic rings. The quantitative estimate of drug-likeness (QED) is 0.716. The Bertz CT molecular complexity index is 389. The van der Waals surface area contributed by atoms with Crippen LogP contribution >= 0.6 is 11.6 Å². The summed E-state index contributed by atoms with van der Waals surface area (Å²) in [6.45, 7) is 0.188. The molecule has 0 saturated carbocycles. The summed E-state index contributed by atoms with van der Waals surface area (Å²) in [7, 11) is -6.41. The van der Waals surface area contributed by atoms with Gasteiger partial charge >= 0.3 is 0 Å². The standard InChI is InChI=1S/C7H14ClNO4S2/c8-3-4-9-15(12,13)7-1-5-14(10,11)6-2-7/h7,9H,1-6H2. The van der Waals surface area contributed by atoms with E-state index in [1.54, 1.807) is 0 Å². The van der Waals surface area contributed by atoms with E-state index in [0.717, 1.165) is 0 Å². The Morgan fingerprint density at radius 1 is 1.27 bits per heavy atom. The number of sulfone groups is 1. The number of rotatable bonds is 4. The monoisotopic (exact) mass is 275 g/mol. The van der Waals surface area contributed by atoms with Crippen molar-refractivity contribution in [3.8, 4) is 0 Å². The fourth-order valence-electron chi connectivity index (χ4n) is 1.48. The maximum atomic E-state index is 11.6. The zero-order valence-corrected chi connectivity index (χ0v) is 10.5. The van der Waals surface area contributed by atoms with E-state index in [1.807, 2.05) is 0 Å². The summed E-state index contributed by atoms with van der Waals surface area (Å²) in [5.74, 6) is 0.128. The first-order valence-electron chi connectivity index (χ1n) is 4.62. The zero-order chi connectivity index (χ0) is 11.5. The molecule has 0 bridgehead atoms. The average molecular weight is 276 g/mol. The molecular formula is C7H14ClNO4S2. The lowest BCUT2D eigenvalue weighted by atomic mass is 10.2. The summed E-state index contributed by atoms with van der Waals surface area (Å²) in [6.07, 6.45) is 0.361. The second-order valence-electron chi connectivity index (χ2n) is 3.48. The van der Waals surface area contributed by atoms with Gasteiger partial charge < -0.3 is 0 Å². The SMILES string of the molecule is O=S1(=O)CCC(S(=O)(=O)NCCCl)CC1. The molecule has 0 aliphatic carbocycles. The van der Waals surface area contributed by atoms with E-state index in [-0.39, 0.29) is 36.8 Å². The predicted octanol–water partition coefficient (Wildman–Crippen LogP) is -0.278. The molecule has 8 heteroatoms. The van der Waals surface area contributed by atoms with E-state index in [1.165, 1.54) is 0 Å². The Hall–Kier alpha value is 0.150. The molecule has 15 heavy (non-hydrogen) atoms. The van der Waals surface area contributed by atoms with Crippen LogP contribution < -0.4 is 4.72 Å². The van der Waals surface area contributed by atoms with Gasteiger partial charge in [-0.1, -0.05) is 0 Å². The summed E-state index contributed by atoms with van der Waals surface area (Å²) in [5, 5.41) is -0.593. The minimum absolute atomic E-state index is 0.0422. The third-order valence-electron chi connectivity index (χ3n) is 2.34. The molecule has 1 heterocycles. The van der Waals surface area contributed by atoms with Gasteiger partial charge in [0.05, 0.1) is 16.8 Å². The lowest BCUT2D eigenvalue weighted by molar-refractivity contribution is 0.544. The molecule has 0 aromatic heterocycles. The molecule has 5 nitrogen and oxygen atoms in total. The molecule has 0 radical (unpaired) electrons. The van der Waals surface area contributed by atoms with E-state index in [2.05, 4.69) is 4.72 Å². The number of hydrogen-bond donors (Lipinski definition) is 1. The topological polar surface area (TPSA) is 80.3 Å². The predicted molar refractivity (Wildman–Crippen MR) is 59.3 cm³/mol. The van der Waals surface area contributed by atoms with Crippen molar-refractivity contribution in [2.75, 3.05) is 23.9 Å². The molecule has 0 atom stereocenters. The summed E-state index contributed by atoms with van der Waals surface area (Å²) < 4.78 is 47.7. The first-order chi connectivity index (χ1) is 6.87. The van der Waals surface area contributed by atoms with Crippen molar-refractivity contribution < 1.29 is 16.8 Å². The molecule has 1 fully saturated rings. The Kier molecular flexibility index (Phi) is 4.39. The zero-order valence-electron chi connectivity index (χ0n) is 8.15. The molecule has 0 amide bonds. The summed E-state index contributed by atoms with van der Waals surface area (Å²) >= 11 is 5.37. The van der Waals surface area contributed by atoms with Crippen LogP contribution in [0.4, 0.5) is 0 Å². The number of alkyl halides is 1. The highest BCUT2D eigenvalue weighted by Crippen LogP contribution is 2.18. The second-order valence-corrected chi connectivity index (χ2v) is 8.21. The summed E-state index contributed by atoms with van der Waals surface area (Å²) in [4.78, 5) is 0. The van der Waals surface area contributed by atoms with E-state index in [0.29, 0.717) is 0 Å². The van der Waals surface area contributed by atoms with Crippen LogP contribution in [0.5, 0.6) is 0 Å². The van der Waals surface area contributed by atoms with E-state index < -0.39 is 25.1 Å². The van der Waals surface area contributed by atoms with Crippen molar-refractivity contribution in [2.45, 2.75) is 18.1 Å². The van der Waals surface area contributed by atoms with Gasteiger partial charge in [0.15, 0.2) is 0 Å². The van der Waals surface area contributed by atoms with Crippen LogP contribution in [-0.2, 0) is 19.9 Å². The van der Waals surface area contributed by atoms with Gasteiger partial charge in [-0.15, -0.1) is 11.6 Å². The smallest absolute Gasteiger partial charge is 0.214 e. The van der Waals surface area contributed by atoms with Crippen molar-refractivity contribution in [3.63, 3.8) is 0 Å².